The van der Waals surface area contributed by atoms with E-state index in [0.29, 0.717) is 44.0 Å². The Morgan fingerprint density at radius 3 is 2.64 bits per heavy atom. The van der Waals surface area contributed by atoms with E-state index in [1.165, 1.54) is 10.4 Å². The van der Waals surface area contributed by atoms with Crippen LogP contribution in [0.1, 0.15) is 48.5 Å². The number of nitrogens with one attached hydrogen (secondary N) is 1. The van der Waals surface area contributed by atoms with Crippen LogP contribution < -0.4 is 5.32 Å². The van der Waals surface area contributed by atoms with Crippen LogP contribution in [-0.2, 0) is 14.8 Å². The van der Waals surface area contributed by atoms with E-state index in [9.17, 15) is 13.2 Å². The summed E-state index contributed by atoms with van der Waals surface area (Å²) in [6, 6.07) is 4.87. The second-order valence-corrected chi connectivity index (χ2v) is 8.16. The zero-order chi connectivity index (χ0) is 18.3. The number of rotatable bonds is 8. The Labute approximate surface area is 150 Å². The summed E-state index contributed by atoms with van der Waals surface area (Å²) in [6.45, 7) is 6.55. The van der Waals surface area contributed by atoms with Crippen LogP contribution >= 0.6 is 0 Å². The van der Waals surface area contributed by atoms with E-state index in [1.54, 1.807) is 19.1 Å². The molecule has 0 unspecified atom stereocenters. The van der Waals surface area contributed by atoms with Crippen molar-refractivity contribution >= 4 is 15.9 Å². The molecule has 1 aromatic rings. The Balaban J connectivity index is 2.10. The summed E-state index contributed by atoms with van der Waals surface area (Å²) < 4.78 is 32.5. The maximum absolute atomic E-state index is 12.9. The highest BCUT2D eigenvalue weighted by Crippen LogP contribution is 2.24. The van der Waals surface area contributed by atoms with Crippen LogP contribution in [0.15, 0.2) is 23.1 Å². The molecule has 0 radical (unpaired) electrons. The highest BCUT2D eigenvalue weighted by Gasteiger charge is 2.28. The Bertz CT molecular complexity index is 682. The SMILES string of the molecule is CCOCCCNC(=O)c1ccc(C)c(S(=O)(=O)N2CCCCC2)c1. The third kappa shape index (κ3) is 5.26. The number of hydrogen-bond acceptors (Lipinski definition) is 4. The van der Waals surface area contributed by atoms with Gasteiger partial charge in [0.2, 0.25) is 10.0 Å². The van der Waals surface area contributed by atoms with Crippen LogP contribution in [0, 0.1) is 6.92 Å². The average Bonchev–Trinajstić information content (AvgIpc) is 2.62. The maximum atomic E-state index is 12.9. The van der Waals surface area contributed by atoms with E-state index >= 15 is 0 Å². The van der Waals surface area contributed by atoms with Crippen molar-refractivity contribution in [1.29, 1.82) is 0 Å². The van der Waals surface area contributed by atoms with Crippen molar-refractivity contribution in [2.45, 2.75) is 44.4 Å². The number of nitrogens with zero attached hydrogens (tertiary/aromatic N) is 1. The van der Waals surface area contributed by atoms with Crippen LogP contribution in [0.2, 0.25) is 0 Å². The highest BCUT2D eigenvalue weighted by molar-refractivity contribution is 7.89. The fourth-order valence-corrected chi connectivity index (χ4v) is 4.65. The fourth-order valence-electron chi connectivity index (χ4n) is 2.89. The molecule has 1 aromatic carbocycles. The first-order valence-electron chi connectivity index (χ1n) is 8.93. The van der Waals surface area contributed by atoms with Gasteiger partial charge in [-0.3, -0.25) is 4.79 Å². The van der Waals surface area contributed by atoms with E-state index < -0.39 is 10.0 Å². The van der Waals surface area contributed by atoms with E-state index in [4.69, 9.17) is 4.74 Å². The molecule has 140 valence electrons. The number of hydrogen-bond donors (Lipinski definition) is 1. The monoisotopic (exact) mass is 368 g/mol. The quantitative estimate of drug-likeness (QED) is 0.715. The largest absolute Gasteiger partial charge is 0.382 e. The molecule has 1 fully saturated rings. The van der Waals surface area contributed by atoms with Gasteiger partial charge in [0.25, 0.3) is 5.91 Å². The average molecular weight is 368 g/mol. The molecule has 0 atom stereocenters. The summed E-state index contributed by atoms with van der Waals surface area (Å²) in [5.74, 6) is -0.258. The van der Waals surface area contributed by atoms with Crippen molar-refractivity contribution in [1.82, 2.24) is 9.62 Å². The summed E-state index contributed by atoms with van der Waals surface area (Å²) >= 11 is 0. The van der Waals surface area contributed by atoms with Crippen molar-refractivity contribution < 1.29 is 17.9 Å². The van der Waals surface area contributed by atoms with Gasteiger partial charge in [0, 0.05) is 38.4 Å². The molecule has 0 spiro atoms. The van der Waals surface area contributed by atoms with Gasteiger partial charge < -0.3 is 10.1 Å². The van der Waals surface area contributed by atoms with Gasteiger partial charge in [-0.05, 0) is 50.8 Å². The summed E-state index contributed by atoms with van der Waals surface area (Å²) in [4.78, 5) is 12.5. The molecule has 0 aliphatic carbocycles. The Morgan fingerprint density at radius 2 is 1.96 bits per heavy atom. The number of amides is 1. The summed E-state index contributed by atoms with van der Waals surface area (Å²) in [6.07, 6.45) is 3.57. The number of carbonyl (C=O) groups is 1. The lowest BCUT2D eigenvalue weighted by Crippen LogP contribution is -2.36. The Kier molecular flexibility index (Phi) is 7.40. The second-order valence-electron chi connectivity index (χ2n) is 6.25. The topological polar surface area (TPSA) is 75.7 Å². The molecule has 25 heavy (non-hydrogen) atoms. The number of carbonyl (C=O) groups excluding carboxylic acids is 1. The third-order valence-electron chi connectivity index (χ3n) is 4.34. The molecule has 1 aliphatic rings. The molecule has 1 heterocycles. The minimum absolute atomic E-state index is 0.233. The van der Waals surface area contributed by atoms with Crippen molar-refractivity contribution in [3.63, 3.8) is 0 Å². The van der Waals surface area contributed by atoms with Gasteiger partial charge in [-0.25, -0.2) is 8.42 Å². The third-order valence-corrected chi connectivity index (χ3v) is 6.38. The van der Waals surface area contributed by atoms with Crippen LogP contribution in [0.3, 0.4) is 0 Å². The molecule has 2 rings (SSSR count). The van der Waals surface area contributed by atoms with E-state index in [-0.39, 0.29) is 10.8 Å². The maximum Gasteiger partial charge on any atom is 0.251 e. The van der Waals surface area contributed by atoms with Gasteiger partial charge in [-0.1, -0.05) is 12.5 Å². The molecule has 0 saturated carbocycles. The number of benzene rings is 1. The van der Waals surface area contributed by atoms with E-state index in [0.717, 1.165) is 25.7 Å². The zero-order valence-electron chi connectivity index (χ0n) is 15.1. The van der Waals surface area contributed by atoms with E-state index in [1.807, 2.05) is 6.92 Å². The lowest BCUT2D eigenvalue weighted by Gasteiger charge is -2.26. The number of piperidine rings is 1. The minimum atomic E-state index is -3.55. The standard InChI is InChI=1S/C18H28N2O4S/c1-3-24-13-7-10-19-18(21)16-9-8-15(2)17(14-16)25(22,23)20-11-5-4-6-12-20/h8-9,14H,3-7,10-13H2,1-2H3,(H,19,21). The summed E-state index contributed by atoms with van der Waals surface area (Å²) in [5.41, 5.74) is 1.04. The minimum Gasteiger partial charge on any atom is -0.382 e. The lowest BCUT2D eigenvalue weighted by molar-refractivity contribution is 0.0944. The predicted molar refractivity (Wildman–Crippen MR) is 97.2 cm³/mol. The summed E-state index contributed by atoms with van der Waals surface area (Å²) in [5, 5.41) is 2.81. The molecule has 1 saturated heterocycles. The van der Waals surface area contributed by atoms with Crippen molar-refractivity contribution in [2.75, 3.05) is 32.8 Å². The molecule has 1 N–H and O–H groups in total. The van der Waals surface area contributed by atoms with Gasteiger partial charge in [0.15, 0.2) is 0 Å². The predicted octanol–water partition coefficient (Wildman–Crippen LogP) is 2.33. The zero-order valence-corrected chi connectivity index (χ0v) is 15.9. The first kappa shape index (κ1) is 19.9. The number of ether oxygens (including phenoxy) is 1. The first-order chi connectivity index (χ1) is 12.0. The summed E-state index contributed by atoms with van der Waals surface area (Å²) in [7, 11) is -3.55. The molecule has 0 aromatic heterocycles. The lowest BCUT2D eigenvalue weighted by atomic mass is 10.1. The molecule has 7 heteroatoms. The molecular weight excluding hydrogens is 340 g/mol. The number of sulfonamides is 1. The Morgan fingerprint density at radius 1 is 1.24 bits per heavy atom. The number of aryl methyl sites for hydroxylation is 1. The van der Waals surface area contributed by atoms with E-state index in [2.05, 4.69) is 5.32 Å². The first-order valence-corrected chi connectivity index (χ1v) is 10.4. The van der Waals surface area contributed by atoms with Crippen LogP contribution in [0.5, 0.6) is 0 Å². The Hall–Kier alpha value is -1.44. The van der Waals surface area contributed by atoms with Crippen molar-refractivity contribution in [2.24, 2.45) is 0 Å². The molecule has 1 aliphatic heterocycles. The molecule has 6 nitrogen and oxygen atoms in total. The normalized spacial score (nSPS) is 15.9. The van der Waals surface area contributed by atoms with Gasteiger partial charge >= 0.3 is 0 Å². The highest BCUT2D eigenvalue weighted by atomic mass is 32.2. The smallest absolute Gasteiger partial charge is 0.251 e. The van der Waals surface area contributed by atoms with Crippen LogP contribution in [0.25, 0.3) is 0 Å². The molecule has 1 amide bonds. The second kappa shape index (κ2) is 9.31. The van der Waals surface area contributed by atoms with Gasteiger partial charge in [-0.2, -0.15) is 4.31 Å². The van der Waals surface area contributed by atoms with Crippen molar-refractivity contribution in [3.8, 4) is 0 Å². The van der Waals surface area contributed by atoms with Gasteiger partial charge in [-0.15, -0.1) is 0 Å². The van der Waals surface area contributed by atoms with Gasteiger partial charge in [0.05, 0.1) is 4.90 Å². The van der Waals surface area contributed by atoms with Crippen molar-refractivity contribution in [3.05, 3.63) is 29.3 Å². The van der Waals surface area contributed by atoms with Crippen LogP contribution in [-0.4, -0.2) is 51.5 Å². The fraction of sp³-hybridized carbons (Fsp3) is 0.611. The molecular formula is C18H28N2O4S. The van der Waals surface area contributed by atoms with Gasteiger partial charge in [0.1, 0.15) is 0 Å². The van der Waals surface area contributed by atoms with Crippen LogP contribution in [0.4, 0.5) is 0 Å². The molecule has 0 bridgehead atoms.